The van der Waals surface area contributed by atoms with Crippen LogP contribution in [0.25, 0.3) is 56.0 Å². The van der Waals surface area contributed by atoms with Gasteiger partial charge in [0.2, 0.25) is 0 Å². The second-order valence-electron chi connectivity index (χ2n) is 16.2. The van der Waals surface area contributed by atoms with Gasteiger partial charge >= 0.3 is 354 Å². The van der Waals surface area contributed by atoms with Gasteiger partial charge in [-0.1, -0.05) is 0 Å². The van der Waals surface area contributed by atoms with E-state index in [9.17, 15) is 17.0 Å². The molecular formula is C54H45Cl2SiZr. The number of allylic oxidation sites excluding steroid dienone is 2. The summed E-state index contributed by atoms with van der Waals surface area (Å²) in [5.41, 5.74) is 12.9. The summed E-state index contributed by atoms with van der Waals surface area (Å²) in [5, 5.41) is 7.67. The van der Waals surface area contributed by atoms with Crippen LogP contribution < -0.4 is 10.4 Å². The predicted octanol–water partition coefficient (Wildman–Crippen LogP) is 14.3. The van der Waals surface area contributed by atoms with Crippen molar-refractivity contribution >= 4 is 67.0 Å². The molecule has 0 aliphatic heterocycles. The molecule has 2 aliphatic carbocycles. The molecule has 2 unspecified atom stereocenters. The van der Waals surface area contributed by atoms with Crippen molar-refractivity contribution < 1.29 is 15.6 Å². The third kappa shape index (κ3) is 5.86. The summed E-state index contributed by atoms with van der Waals surface area (Å²) in [5.74, 6) is -2.42. The Morgan fingerprint density at radius 2 is 0.776 bits per heavy atom. The number of benzene rings is 8. The van der Waals surface area contributed by atoms with Crippen LogP contribution in [0.15, 0.2) is 193 Å². The Hall–Kier alpha value is -4.56. The zero-order valence-corrected chi connectivity index (χ0v) is 38.0. The molecule has 0 N–H and O–H groups in total. The van der Waals surface area contributed by atoms with Crippen LogP contribution in [0.5, 0.6) is 0 Å². The molecule has 10 rings (SSSR count). The molecule has 0 aromatic heterocycles. The first kappa shape index (κ1) is 37.7. The molecule has 8 aromatic rings. The van der Waals surface area contributed by atoms with Crippen LogP contribution in [-0.2, 0) is 15.6 Å². The number of hydrogen-bond donors (Lipinski definition) is 0. The molecule has 58 heavy (non-hydrogen) atoms. The predicted molar refractivity (Wildman–Crippen MR) is 252 cm³/mol. The Balaban J connectivity index is 1.29. The summed E-state index contributed by atoms with van der Waals surface area (Å²) < 4.78 is -0.159. The van der Waals surface area contributed by atoms with Gasteiger partial charge in [0.15, 0.2) is 0 Å². The molecule has 0 radical (unpaired) electrons. The van der Waals surface area contributed by atoms with E-state index in [4.69, 9.17) is 0 Å². The van der Waals surface area contributed by atoms with Crippen LogP contribution in [0.3, 0.4) is 0 Å². The van der Waals surface area contributed by atoms with Gasteiger partial charge in [-0.15, -0.1) is 0 Å². The summed E-state index contributed by atoms with van der Waals surface area (Å²) in [4.78, 5) is 0. The van der Waals surface area contributed by atoms with Gasteiger partial charge in [0.25, 0.3) is 0 Å². The van der Waals surface area contributed by atoms with Gasteiger partial charge in [0, 0.05) is 0 Å². The molecule has 4 heteroatoms. The van der Waals surface area contributed by atoms with Crippen molar-refractivity contribution in [3.8, 4) is 22.3 Å². The van der Waals surface area contributed by atoms with E-state index in [1.165, 1.54) is 87.6 Å². The first-order valence-electron chi connectivity index (χ1n) is 20.7. The fourth-order valence-corrected chi connectivity index (χ4v) is 61.1. The van der Waals surface area contributed by atoms with Crippen LogP contribution >= 0.6 is 17.0 Å². The van der Waals surface area contributed by atoms with Gasteiger partial charge < -0.3 is 0 Å². The summed E-state index contributed by atoms with van der Waals surface area (Å²) in [6.07, 6.45) is 6.74. The van der Waals surface area contributed by atoms with Crippen LogP contribution in [0, 0.1) is 0 Å². The van der Waals surface area contributed by atoms with Crippen molar-refractivity contribution in [3.63, 3.8) is 0 Å². The quantitative estimate of drug-likeness (QED) is 0.127. The van der Waals surface area contributed by atoms with Crippen LogP contribution in [0.1, 0.15) is 56.2 Å². The van der Waals surface area contributed by atoms with E-state index >= 15 is 0 Å². The maximum absolute atomic E-state index is 9.39. The molecule has 0 spiro atoms. The first-order valence-corrected chi connectivity index (χ1v) is 35.9. The third-order valence-electron chi connectivity index (χ3n) is 13.2. The summed E-state index contributed by atoms with van der Waals surface area (Å²) in [6.45, 7) is 4.62. The molecule has 0 fully saturated rings. The molecule has 0 bridgehead atoms. The fraction of sp³-hybridized carbons (Fsp3) is 0.111. The second kappa shape index (κ2) is 14.9. The summed E-state index contributed by atoms with van der Waals surface area (Å²) in [6, 6.07) is 67.1. The zero-order chi connectivity index (χ0) is 39.5. The number of rotatable bonds is 9. The van der Waals surface area contributed by atoms with Crippen LogP contribution in [0.4, 0.5) is 0 Å². The second-order valence-corrected chi connectivity index (χ2v) is 54.3. The Labute approximate surface area is 351 Å². The first-order chi connectivity index (χ1) is 28.4. The molecule has 2 aliphatic rings. The van der Waals surface area contributed by atoms with Gasteiger partial charge in [-0.05, 0) is 0 Å². The average molecular weight is 884 g/mol. The van der Waals surface area contributed by atoms with E-state index in [0.717, 1.165) is 12.8 Å². The molecule has 0 saturated carbocycles. The van der Waals surface area contributed by atoms with Crippen molar-refractivity contribution in [2.45, 2.75) is 33.9 Å². The monoisotopic (exact) mass is 881 g/mol. The Morgan fingerprint density at radius 1 is 0.414 bits per heavy atom. The molecular weight excluding hydrogens is 839 g/mol. The third-order valence-corrected chi connectivity index (χ3v) is 55.1. The van der Waals surface area contributed by atoms with E-state index < -0.39 is 21.5 Å². The van der Waals surface area contributed by atoms with E-state index in [1.54, 1.807) is 0 Å². The van der Waals surface area contributed by atoms with Gasteiger partial charge in [0.05, 0.1) is 0 Å². The topological polar surface area (TPSA) is 0 Å². The standard InChI is InChI=1S/2C21H17.C12H11Si.2ClH.Zr/c2*1-2-15-13-17-9-6-12-20(21(17)14-15)19-11-5-8-16-7-3-4-10-18(16)19;1-3-7-11(8-4-1)13-12-9-5-2-6-10-12;;;/h2*3-14H,2H2,1H3;1-10,13H;2*1H;/q;;;;;+2/p-2. The Morgan fingerprint density at radius 3 is 1.21 bits per heavy atom. The maximum atomic E-state index is 9.39. The molecule has 0 saturated heterocycles. The Bertz CT molecular complexity index is 2720. The summed E-state index contributed by atoms with van der Waals surface area (Å²) >= 11 is -5.55. The van der Waals surface area contributed by atoms with Gasteiger partial charge in [-0.2, -0.15) is 0 Å². The van der Waals surface area contributed by atoms with Crippen molar-refractivity contribution in [2.75, 3.05) is 0 Å². The number of hydrogen-bond acceptors (Lipinski definition) is 0. The molecule has 283 valence electrons. The van der Waals surface area contributed by atoms with Crippen molar-refractivity contribution in [1.82, 2.24) is 0 Å². The fourth-order valence-electron chi connectivity index (χ4n) is 10.9. The van der Waals surface area contributed by atoms with Gasteiger partial charge in [-0.25, -0.2) is 0 Å². The van der Waals surface area contributed by atoms with E-state index in [1.807, 2.05) is 0 Å². The zero-order valence-electron chi connectivity index (χ0n) is 32.9. The summed E-state index contributed by atoms with van der Waals surface area (Å²) in [7, 11) is 18.8. The minimum atomic E-state index is -5.55. The molecule has 0 amide bonds. The minimum absolute atomic E-state index is 0.0797. The molecule has 2 atom stereocenters. The van der Waals surface area contributed by atoms with Gasteiger partial charge in [0.1, 0.15) is 0 Å². The van der Waals surface area contributed by atoms with Crippen LogP contribution in [0.2, 0.25) is 0 Å². The van der Waals surface area contributed by atoms with Crippen molar-refractivity contribution in [1.29, 1.82) is 0 Å². The molecule has 8 aromatic carbocycles. The molecule has 0 heterocycles. The van der Waals surface area contributed by atoms with Crippen molar-refractivity contribution in [3.05, 3.63) is 215 Å². The van der Waals surface area contributed by atoms with Crippen LogP contribution in [-0.4, -0.2) is 5.92 Å². The molecule has 0 nitrogen and oxygen atoms in total. The Kier molecular flexibility index (Phi) is 9.70. The average Bonchev–Trinajstić information content (AvgIpc) is 3.87. The van der Waals surface area contributed by atoms with E-state index in [2.05, 4.69) is 208 Å². The number of fused-ring (bicyclic) bond motifs is 4. The normalized spacial score (nSPS) is 16.8. The van der Waals surface area contributed by atoms with E-state index in [0.29, 0.717) is 0 Å². The number of halogens is 2. The van der Waals surface area contributed by atoms with E-state index in [-0.39, 0.29) is 7.25 Å². The van der Waals surface area contributed by atoms with Gasteiger partial charge in [-0.3, -0.25) is 0 Å². The SMILES string of the molecule is CCC1=Cc2c(-c3cccc4ccccc34)cccc2[CH]1[Zr]([Cl])([Cl])([CH]1C(CC)=Cc2c(-c3cccc4ccccc34)cccc21)[SiH](c1ccccc1)c1ccccc1. The van der Waals surface area contributed by atoms with Crippen molar-refractivity contribution in [2.24, 2.45) is 0 Å².